The summed E-state index contributed by atoms with van der Waals surface area (Å²) in [5.74, 6) is -1.66. The van der Waals surface area contributed by atoms with Crippen molar-refractivity contribution in [1.82, 2.24) is 10.3 Å². The lowest BCUT2D eigenvalue weighted by molar-refractivity contribution is -0.135. The Kier molecular flexibility index (Phi) is 6.17. The van der Waals surface area contributed by atoms with Gasteiger partial charge < -0.3 is 4.74 Å². The van der Waals surface area contributed by atoms with Gasteiger partial charge in [-0.3, -0.25) is 10.1 Å². The minimum Gasteiger partial charge on any atom is -0.466 e. The number of nitrogens with one attached hydrogen (secondary N) is 1. The highest BCUT2D eigenvalue weighted by Gasteiger charge is 2.24. The number of halogens is 2. The molecule has 1 amide bonds. The van der Waals surface area contributed by atoms with Gasteiger partial charge in [0.2, 0.25) is 0 Å². The number of benzene rings is 1. The Bertz CT molecular complexity index is 1020. The van der Waals surface area contributed by atoms with Crippen molar-refractivity contribution in [3.8, 4) is 11.1 Å². The van der Waals surface area contributed by atoms with Crippen LogP contribution in [0.5, 0.6) is 0 Å². The lowest BCUT2D eigenvalue weighted by Crippen LogP contribution is -2.19. The Balaban J connectivity index is 1.67. The van der Waals surface area contributed by atoms with E-state index in [-0.39, 0.29) is 15.2 Å². The molecular formula is C18H12ClFN4O3S. The van der Waals surface area contributed by atoms with E-state index in [1.165, 1.54) is 25.6 Å². The smallest absolute Gasteiger partial charge is 0.331 e. The summed E-state index contributed by atoms with van der Waals surface area (Å²) in [6.07, 6.45) is 4.06. The average Bonchev–Trinajstić information content (AvgIpc) is 3.03. The molecular weight excluding hydrogens is 407 g/mol. The molecule has 0 unspecified atom stereocenters. The first-order valence-corrected chi connectivity index (χ1v) is 8.97. The van der Waals surface area contributed by atoms with Crippen molar-refractivity contribution in [2.75, 3.05) is 7.11 Å². The van der Waals surface area contributed by atoms with Crippen LogP contribution in [-0.4, -0.2) is 35.4 Å². The Morgan fingerprint density at radius 3 is 2.75 bits per heavy atom. The summed E-state index contributed by atoms with van der Waals surface area (Å²) in [7, 11) is 1.22. The first kappa shape index (κ1) is 19.7. The van der Waals surface area contributed by atoms with E-state index < -0.39 is 17.7 Å². The number of pyridine rings is 1. The van der Waals surface area contributed by atoms with Gasteiger partial charge in [-0.1, -0.05) is 35.9 Å². The maximum Gasteiger partial charge on any atom is 0.331 e. The van der Waals surface area contributed by atoms with E-state index >= 15 is 0 Å². The van der Waals surface area contributed by atoms with Gasteiger partial charge in [0.15, 0.2) is 16.1 Å². The third-order valence-corrected chi connectivity index (χ3v) is 4.68. The van der Waals surface area contributed by atoms with Crippen LogP contribution in [-0.2, 0) is 14.3 Å². The second-order valence-electron chi connectivity index (χ2n) is 5.36. The highest BCUT2D eigenvalue weighted by atomic mass is 35.5. The minimum atomic E-state index is -0.627. The van der Waals surface area contributed by atoms with Crippen LogP contribution < -0.4 is 5.32 Å². The fourth-order valence-electron chi connectivity index (χ4n) is 2.13. The molecule has 10 heteroatoms. The zero-order valence-corrected chi connectivity index (χ0v) is 15.9. The standard InChI is InChI=1S/C18H12ClFN4O3S/c1-27-15(25)7-14-17(26)23-18(28-14)24-22-8-10-2-4-11(5-3-10)12-6-13(20)16(19)21-9-12/h2-9H,1H3,(H,23,24,26)/b14-7+,22-8?. The van der Waals surface area contributed by atoms with Crippen LogP contribution in [0.2, 0.25) is 5.15 Å². The second-order valence-corrected chi connectivity index (χ2v) is 6.74. The van der Waals surface area contributed by atoms with Gasteiger partial charge in [-0.2, -0.15) is 5.10 Å². The van der Waals surface area contributed by atoms with Crippen molar-refractivity contribution in [3.63, 3.8) is 0 Å². The van der Waals surface area contributed by atoms with E-state index in [4.69, 9.17) is 11.6 Å². The van der Waals surface area contributed by atoms with E-state index in [9.17, 15) is 14.0 Å². The van der Waals surface area contributed by atoms with Crippen molar-refractivity contribution in [3.05, 3.63) is 64.0 Å². The molecule has 0 saturated carbocycles. The van der Waals surface area contributed by atoms with Gasteiger partial charge in [-0.05, 0) is 29.0 Å². The SMILES string of the molecule is COC(=O)/C=C1/S/C(=N\N=Cc2ccc(-c3cnc(Cl)c(F)c3)cc2)NC1=O. The zero-order valence-electron chi connectivity index (χ0n) is 14.3. The number of hydrogen-bond donors (Lipinski definition) is 1. The van der Waals surface area contributed by atoms with Crippen molar-refractivity contribution in [2.24, 2.45) is 10.2 Å². The molecule has 3 rings (SSSR count). The average molecular weight is 419 g/mol. The van der Waals surface area contributed by atoms with Gasteiger partial charge in [-0.25, -0.2) is 14.2 Å². The molecule has 1 saturated heterocycles. The maximum atomic E-state index is 13.5. The first-order chi connectivity index (χ1) is 13.5. The third-order valence-electron chi connectivity index (χ3n) is 3.50. The number of thioether (sulfide) groups is 1. The molecule has 1 aromatic heterocycles. The van der Waals surface area contributed by atoms with Crippen molar-refractivity contribution < 1.29 is 18.7 Å². The topological polar surface area (TPSA) is 93.0 Å². The summed E-state index contributed by atoms with van der Waals surface area (Å²) in [6.45, 7) is 0. The molecule has 1 aliphatic rings. The number of ether oxygens (including phenoxy) is 1. The molecule has 28 heavy (non-hydrogen) atoms. The van der Waals surface area contributed by atoms with Gasteiger partial charge in [0.05, 0.1) is 18.2 Å². The number of aromatic nitrogens is 1. The molecule has 2 heterocycles. The largest absolute Gasteiger partial charge is 0.466 e. The van der Waals surface area contributed by atoms with Gasteiger partial charge in [-0.15, -0.1) is 5.10 Å². The lowest BCUT2D eigenvalue weighted by atomic mass is 10.1. The number of carbonyl (C=O) groups is 2. The van der Waals surface area contributed by atoms with E-state index in [2.05, 4.69) is 25.2 Å². The zero-order chi connectivity index (χ0) is 20.1. The van der Waals surface area contributed by atoms with Crippen LogP contribution in [0.25, 0.3) is 11.1 Å². The number of amides is 1. The van der Waals surface area contributed by atoms with E-state index in [1.54, 1.807) is 24.3 Å². The molecule has 2 aromatic rings. The second kappa shape index (κ2) is 8.77. The molecule has 0 aliphatic carbocycles. The van der Waals surface area contributed by atoms with Crippen molar-refractivity contribution in [2.45, 2.75) is 0 Å². The highest BCUT2D eigenvalue weighted by Crippen LogP contribution is 2.24. The number of hydrogen-bond acceptors (Lipinski definition) is 7. The van der Waals surface area contributed by atoms with Crippen LogP contribution in [0, 0.1) is 5.82 Å². The Morgan fingerprint density at radius 2 is 2.07 bits per heavy atom. The summed E-state index contributed by atoms with van der Waals surface area (Å²) >= 11 is 6.57. The monoisotopic (exact) mass is 418 g/mol. The predicted molar refractivity (Wildman–Crippen MR) is 106 cm³/mol. The van der Waals surface area contributed by atoms with Crippen LogP contribution in [0.15, 0.2) is 57.7 Å². The number of amidine groups is 1. The van der Waals surface area contributed by atoms with Crippen molar-refractivity contribution in [1.29, 1.82) is 0 Å². The number of methoxy groups -OCH3 is 1. The van der Waals surface area contributed by atoms with Crippen LogP contribution in [0.3, 0.4) is 0 Å². The number of rotatable bonds is 4. The molecule has 0 spiro atoms. The van der Waals surface area contributed by atoms with Crippen LogP contribution >= 0.6 is 23.4 Å². The Hall–Kier alpha value is -3.04. The fourth-order valence-corrected chi connectivity index (χ4v) is 2.97. The molecule has 1 fully saturated rings. The third kappa shape index (κ3) is 4.81. The molecule has 0 bridgehead atoms. The molecule has 142 valence electrons. The van der Waals surface area contributed by atoms with Crippen LogP contribution in [0.1, 0.15) is 5.56 Å². The predicted octanol–water partition coefficient (Wildman–Crippen LogP) is 3.15. The Morgan fingerprint density at radius 1 is 1.32 bits per heavy atom. The fraction of sp³-hybridized carbons (Fsp3) is 0.0556. The summed E-state index contributed by atoms with van der Waals surface area (Å²) in [6, 6.07) is 8.41. The van der Waals surface area contributed by atoms with E-state index in [1.807, 2.05) is 0 Å². The normalized spacial score (nSPS) is 16.8. The molecule has 1 aromatic carbocycles. The maximum absolute atomic E-state index is 13.5. The molecule has 1 N–H and O–H groups in total. The van der Waals surface area contributed by atoms with Gasteiger partial charge >= 0.3 is 5.97 Å². The number of carbonyl (C=O) groups excluding carboxylic acids is 2. The van der Waals surface area contributed by atoms with Crippen molar-refractivity contribution >= 4 is 46.6 Å². The Labute approximate surface area is 168 Å². The first-order valence-electron chi connectivity index (χ1n) is 7.77. The van der Waals surface area contributed by atoms with E-state index in [0.29, 0.717) is 5.56 Å². The summed E-state index contributed by atoms with van der Waals surface area (Å²) in [5, 5.41) is 10.4. The quantitative estimate of drug-likeness (QED) is 0.271. The lowest BCUT2D eigenvalue weighted by Gasteiger charge is -2.02. The van der Waals surface area contributed by atoms with Gasteiger partial charge in [0.1, 0.15) is 0 Å². The summed E-state index contributed by atoms with van der Waals surface area (Å²) < 4.78 is 18.0. The number of esters is 1. The molecule has 0 radical (unpaired) electrons. The summed E-state index contributed by atoms with van der Waals surface area (Å²) in [4.78, 5) is 26.9. The molecule has 1 aliphatic heterocycles. The van der Waals surface area contributed by atoms with E-state index in [0.717, 1.165) is 29.0 Å². The van der Waals surface area contributed by atoms with Gasteiger partial charge in [0.25, 0.3) is 5.91 Å². The highest BCUT2D eigenvalue weighted by molar-refractivity contribution is 8.18. The van der Waals surface area contributed by atoms with Gasteiger partial charge in [0, 0.05) is 17.8 Å². The summed E-state index contributed by atoms with van der Waals surface area (Å²) in [5.41, 5.74) is 2.11. The molecule has 7 nitrogen and oxygen atoms in total. The molecule has 0 atom stereocenters. The van der Waals surface area contributed by atoms with Crippen LogP contribution in [0.4, 0.5) is 4.39 Å². The number of nitrogens with zero attached hydrogens (tertiary/aromatic N) is 3. The minimum absolute atomic E-state index is 0.173.